The van der Waals surface area contributed by atoms with E-state index in [1.807, 2.05) is 25.2 Å². The van der Waals surface area contributed by atoms with Crippen LogP contribution in [0.2, 0.25) is 0 Å². The molecule has 0 aromatic heterocycles. The summed E-state index contributed by atoms with van der Waals surface area (Å²) in [5.41, 5.74) is 1.21. The van der Waals surface area contributed by atoms with Crippen molar-refractivity contribution in [2.45, 2.75) is 45.1 Å². The number of likely N-dealkylation sites (N-methyl/N-ethyl adjacent to an activating group) is 1. The van der Waals surface area contributed by atoms with Gasteiger partial charge in [-0.25, -0.2) is 0 Å². The molecule has 1 saturated heterocycles. The molecule has 2 rings (SSSR count). The first-order valence-corrected chi connectivity index (χ1v) is 8.34. The minimum atomic E-state index is 0. The van der Waals surface area contributed by atoms with Crippen LogP contribution in [-0.4, -0.2) is 43.6 Å². The predicted molar refractivity (Wildman–Crippen MR) is 96.4 cm³/mol. The Morgan fingerprint density at radius 3 is 2.96 bits per heavy atom. The highest BCUT2D eigenvalue weighted by molar-refractivity contribution is 5.85. The summed E-state index contributed by atoms with van der Waals surface area (Å²) in [6.07, 6.45) is 4.71. The van der Waals surface area contributed by atoms with Gasteiger partial charge in [-0.2, -0.15) is 0 Å². The normalized spacial score (nSPS) is 17.0. The lowest BCUT2D eigenvalue weighted by atomic mass is 10.2. The number of ether oxygens (including phenoxy) is 1. The zero-order valence-corrected chi connectivity index (χ0v) is 15.0. The third-order valence-corrected chi connectivity index (χ3v) is 4.18. The lowest BCUT2D eigenvalue weighted by Gasteiger charge is -2.24. The number of hydrogen-bond donors (Lipinski definition) is 1. The molecule has 0 bridgehead atoms. The Morgan fingerprint density at radius 2 is 2.22 bits per heavy atom. The summed E-state index contributed by atoms with van der Waals surface area (Å²) in [7, 11) is 1.95. The molecule has 1 aliphatic heterocycles. The predicted octanol–water partition coefficient (Wildman–Crippen LogP) is 3.18. The molecule has 0 aliphatic carbocycles. The molecular formula is C18H29ClN2O2. The van der Waals surface area contributed by atoms with E-state index in [9.17, 15) is 4.79 Å². The van der Waals surface area contributed by atoms with E-state index in [0.29, 0.717) is 25.0 Å². The maximum Gasteiger partial charge on any atom is 0.222 e. The van der Waals surface area contributed by atoms with Crippen LogP contribution in [0.3, 0.4) is 0 Å². The number of nitrogens with zero attached hydrogens (tertiary/aromatic N) is 1. The van der Waals surface area contributed by atoms with Crippen LogP contribution >= 0.6 is 12.4 Å². The van der Waals surface area contributed by atoms with Crippen LogP contribution in [0, 0.1) is 6.92 Å². The molecule has 1 unspecified atom stereocenters. The largest absolute Gasteiger partial charge is 0.494 e. The molecule has 1 atom stereocenters. The van der Waals surface area contributed by atoms with Crippen molar-refractivity contribution >= 4 is 18.3 Å². The second-order valence-corrected chi connectivity index (χ2v) is 6.06. The highest BCUT2D eigenvalue weighted by Gasteiger charge is 2.27. The number of likely N-dealkylation sites (tertiary alicyclic amines) is 1. The number of halogens is 1. The second-order valence-electron chi connectivity index (χ2n) is 6.06. The number of rotatable bonds is 8. The topological polar surface area (TPSA) is 41.6 Å². The van der Waals surface area contributed by atoms with Crippen LogP contribution in [0.5, 0.6) is 5.75 Å². The van der Waals surface area contributed by atoms with E-state index in [4.69, 9.17) is 4.74 Å². The highest BCUT2D eigenvalue weighted by atomic mass is 35.5. The van der Waals surface area contributed by atoms with Crippen molar-refractivity contribution in [3.05, 3.63) is 29.8 Å². The molecule has 1 fully saturated rings. The van der Waals surface area contributed by atoms with Crippen LogP contribution in [0.25, 0.3) is 0 Å². The summed E-state index contributed by atoms with van der Waals surface area (Å²) in [4.78, 5) is 14.3. The third kappa shape index (κ3) is 6.40. The molecule has 1 aliphatic rings. The first-order valence-electron chi connectivity index (χ1n) is 8.34. The quantitative estimate of drug-likeness (QED) is 0.739. The molecule has 1 heterocycles. The molecule has 0 spiro atoms. The number of hydrogen-bond acceptors (Lipinski definition) is 3. The molecule has 1 aromatic rings. The third-order valence-electron chi connectivity index (χ3n) is 4.18. The maximum absolute atomic E-state index is 12.3. The second kappa shape index (κ2) is 10.5. The van der Waals surface area contributed by atoms with E-state index in [2.05, 4.69) is 23.2 Å². The van der Waals surface area contributed by atoms with Crippen LogP contribution < -0.4 is 10.1 Å². The number of carbonyl (C=O) groups excluding carboxylic acids is 1. The van der Waals surface area contributed by atoms with E-state index in [0.717, 1.165) is 44.5 Å². The van der Waals surface area contributed by atoms with Crippen molar-refractivity contribution in [2.24, 2.45) is 0 Å². The van der Waals surface area contributed by atoms with Gasteiger partial charge in [0.1, 0.15) is 5.75 Å². The summed E-state index contributed by atoms with van der Waals surface area (Å²) in [5.74, 6) is 1.22. The van der Waals surface area contributed by atoms with Gasteiger partial charge in [-0.3, -0.25) is 4.79 Å². The Hall–Kier alpha value is -1.26. The molecule has 4 nitrogen and oxygen atoms in total. The fourth-order valence-electron chi connectivity index (χ4n) is 3.03. The fraction of sp³-hybridized carbons (Fsp3) is 0.611. The lowest BCUT2D eigenvalue weighted by Crippen LogP contribution is -2.40. The van der Waals surface area contributed by atoms with Gasteiger partial charge in [-0.05, 0) is 57.4 Å². The lowest BCUT2D eigenvalue weighted by molar-refractivity contribution is -0.132. The van der Waals surface area contributed by atoms with Crippen molar-refractivity contribution in [1.29, 1.82) is 0 Å². The van der Waals surface area contributed by atoms with Gasteiger partial charge in [-0.1, -0.05) is 12.1 Å². The SMILES string of the molecule is CNCC1CCCN1C(=O)CCCCOc1cccc(C)c1.Cl. The fourth-order valence-corrected chi connectivity index (χ4v) is 3.03. The Kier molecular flexibility index (Phi) is 9.03. The molecule has 5 heteroatoms. The van der Waals surface area contributed by atoms with Crippen LogP contribution in [0.4, 0.5) is 0 Å². The Bertz CT molecular complexity index is 482. The molecular weight excluding hydrogens is 312 g/mol. The van der Waals surface area contributed by atoms with E-state index >= 15 is 0 Å². The molecule has 0 saturated carbocycles. The molecule has 1 N–H and O–H groups in total. The van der Waals surface area contributed by atoms with Crippen LogP contribution in [-0.2, 0) is 4.79 Å². The van der Waals surface area contributed by atoms with Gasteiger partial charge in [0.2, 0.25) is 5.91 Å². The van der Waals surface area contributed by atoms with E-state index in [1.165, 1.54) is 5.56 Å². The Balaban J connectivity index is 0.00000264. The van der Waals surface area contributed by atoms with Crippen LogP contribution in [0.1, 0.15) is 37.7 Å². The van der Waals surface area contributed by atoms with Crippen molar-refractivity contribution in [3.8, 4) is 5.75 Å². The van der Waals surface area contributed by atoms with E-state index < -0.39 is 0 Å². The maximum atomic E-state index is 12.3. The summed E-state index contributed by atoms with van der Waals surface area (Å²) < 4.78 is 5.72. The van der Waals surface area contributed by atoms with Gasteiger partial charge in [0.25, 0.3) is 0 Å². The van der Waals surface area contributed by atoms with Crippen molar-refractivity contribution in [2.75, 3.05) is 26.7 Å². The highest BCUT2D eigenvalue weighted by Crippen LogP contribution is 2.18. The molecule has 1 aromatic carbocycles. The van der Waals surface area contributed by atoms with Crippen molar-refractivity contribution < 1.29 is 9.53 Å². The first kappa shape index (κ1) is 19.8. The van der Waals surface area contributed by atoms with Gasteiger partial charge in [0.05, 0.1) is 6.61 Å². The molecule has 23 heavy (non-hydrogen) atoms. The van der Waals surface area contributed by atoms with Crippen molar-refractivity contribution in [1.82, 2.24) is 10.2 Å². The van der Waals surface area contributed by atoms with Crippen LogP contribution in [0.15, 0.2) is 24.3 Å². The average molecular weight is 341 g/mol. The zero-order chi connectivity index (χ0) is 15.8. The Labute approximate surface area is 146 Å². The number of unbranched alkanes of at least 4 members (excludes halogenated alkanes) is 1. The van der Waals surface area contributed by atoms with Gasteiger partial charge in [0, 0.05) is 25.6 Å². The zero-order valence-electron chi connectivity index (χ0n) is 14.2. The molecule has 130 valence electrons. The Morgan fingerprint density at radius 1 is 1.39 bits per heavy atom. The number of nitrogens with one attached hydrogen (secondary N) is 1. The van der Waals surface area contributed by atoms with Gasteiger partial charge >= 0.3 is 0 Å². The smallest absolute Gasteiger partial charge is 0.222 e. The number of aryl methyl sites for hydroxylation is 1. The van der Waals surface area contributed by atoms with Gasteiger partial charge in [-0.15, -0.1) is 12.4 Å². The first-order chi connectivity index (χ1) is 10.7. The number of benzene rings is 1. The van der Waals surface area contributed by atoms with Gasteiger partial charge in [0.15, 0.2) is 0 Å². The average Bonchev–Trinajstić information content (AvgIpc) is 2.95. The monoisotopic (exact) mass is 340 g/mol. The molecule has 0 radical (unpaired) electrons. The summed E-state index contributed by atoms with van der Waals surface area (Å²) in [5, 5.41) is 3.18. The standard InChI is InChI=1S/C18H28N2O2.ClH/c1-15-7-5-9-17(13-15)22-12-4-3-10-18(21)20-11-6-8-16(20)14-19-2;/h5,7,9,13,16,19H,3-4,6,8,10-12,14H2,1-2H3;1H. The number of carbonyl (C=O) groups is 1. The summed E-state index contributed by atoms with van der Waals surface area (Å²) >= 11 is 0. The molecule has 1 amide bonds. The van der Waals surface area contributed by atoms with Crippen molar-refractivity contribution in [3.63, 3.8) is 0 Å². The van der Waals surface area contributed by atoms with Gasteiger partial charge < -0.3 is 15.0 Å². The number of amides is 1. The van der Waals surface area contributed by atoms with E-state index in [-0.39, 0.29) is 12.4 Å². The summed E-state index contributed by atoms with van der Waals surface area (Å²) in [6.45, 7) is 4.56. The summed E-state index contributed by atoms with van der Waals surface area (Å²) in [6, 6.07) is 8.47. The minimum Gasteiger partial charge on any atom is -0.494 e. The van der Waals surface area contributed by atoms with E-state index in [1.54, 1.807) is 0 Å². The minimum absolute atomic E-state index is 0.